The summed E-state index contributed by atoms with van der Waals surface area (Å²) in [5.41, 5.74) is 2.33. The van der Waals surface area contributed by atoms with E-state index in [1.54, 1.807) is 55.6 Å². The number of nitrogens with one attached hydrogen (secondary N) is 4. The molecule has 0 heterocycles. The third kappa shape index (κ3) is 5.34. The Hall–Kier alpha value is -3.35. The number of anilines is 2. The van der Waals surface area contributed by atoms with Crippen molar-refractivity contribution in [2.75, 3.05) is 30.8 Å². The van der Waals surface area contributed by atoms with Crippen LogP contribution in [-0.2, 0) is 4.79 Å². The smallest absolute Gasteiger partial charge is 0.251 e. The summed E-state index contributed by atoms with van der Waals surface area (Å²) in [6.07, 6.45) is 0. The summed E-state index contributed by atoms with van der Waals surface area (Å²) >= 11 is 0. The lowest BCUT2D eigenvalue weighted by Crippen LogP contribution is -2.23. The zero-order chi connectivity index (χ0) is 18.9. The third-order valence-electron chi connectivity index (χ3n) is 3.57. The summed E-state index contributed by atoms with van der Waals surface area (Å²) in [6.45, 7) is 2.46. The van der Waals surface area contributed by atoms with Crippen molar-refractivity contribution >= 4 is 29.1 Å². The average Bonchev–Trinajstić information content (AvgIpc) is 2.67. The van der Waals surface area contributed by atoms with Crippen LogP contribution in [-0.4, -0.2) is 37.9 Å². The van der Waals surface area contributed by atoms with Gasteiger partial charge in [-0.1, -0.05) is 6.07 Å². The lowest BCUT2D eigenvalue weighted by atomic mass is 10.2. The van der Waals surface area contributed by atoms with E-state index < -0.39 is 0 Å². The molecule has 136 valence electrons. The number of benzene rings is 2. The maximum absolute atomic E-state index is 12.0. The van der Waals surface area contributed by atoms with E-state index in [0.717, 1.165) is 0 Å². The Labute approximate surface area is 152 Å². The number of hydrogen-bond acceptors (Lipinski definition) is 4. The van der Waals surface area contributed by atoms with E-state index in [4.69, 9.17) is 0 Å². The van der Waals surface area contributed by atoms with Crippen LogP contribution in [0.25, 0.3) is 0 Å². The van der Waals surface area contributed by atoms with Crippen LogP contribution in [0.1, 0.15) is 27.6 Å². The van der Waals surface area contributed by atoms with Gasteiger partial charge in [-0.3, -0.25) is 14.4 Å². The molecular formula is C19H22N4O3. The minimum atomic E-state index is -0.235. The fourth-order valence-electron chi connectivity index (χ4n) is 2.27. The first-order valence-corrected chi connectivity index (χ1v) is 8.27. The van der Waals surface area contributed by atoms with Gasteiger partial charge < -0.3 is 21.3 Å². The fraction of sp³-hybridized carbons (Fsp3) is 0.211. The second kappa shape index (κ2) is 9.22. The van der Waals surface area contributed by atoms with Crippen molar-refractivity contribution in [1.29, 1.82) is 0 Å². The van der Waals surface area contributed by atoms with Crippen molar-refractivity contribution in [3.8, 4) is 0 Å². The van der Waals surface area contributed by atoms with Crippen molar-refractivity contribution in [2.24, 2.45) is 0 Å². The molecule has 0 unspecified atom stereocenters. The molecule has 7 nitrogen and oxygen atoms in total. The molecule has 2 aromatic carbocycles. The van der Waals surface area contributed by atoms with Crippen molar-refractivity contribution in [2.45, 2.75) is 6.92 Å². The zero-order valence-corrected chi connectivity index (χ0v) is 14.8. The molecule has 0 fully saturated rings. The highest BCUT2D eigenvalue weighted by molar-refractivity contribution is 5.97. The van der Waals surface area contributed by atoms with Gasteiger partial charge in [0, 0.05) is 36.1 Å². The Morgan fingerprint density at radius 2 is 1.62 bits per heavy atom. The monoisotopic (exact) mass is 354 g/mol. The number of hydrogen-bond donors (Lipinski definition) is 4. The van der Waals surface area contributed by atoms with Crippen LogP contribution in [0, 0.1) is 0 Å². The van der Waals surface area contributed by atoms with Gasteiger partial charge in [0.05, 0.1) is 6.54 Å². The quantitative estimate of drug-likeness (QED) is 0.610. The van der Waals surface area contributed by atoms with E-state index in [1.165, 1.54) is 0 Å². The largest absolute Gasteiger partial charge is 0.376 e. The van der Waals surface area contributed by atoms with Crippen LogP contribution in [0.3, 0.4) is 0 Å². The first kappa shape index (κ1) is 19.0. The maximum atomic E-state index is 12.0. The van der Waals surface area contributed by atoms with Crippen LogP contribution in [0.2, 0.25) is 0 Å². The second-order valence-electron chi connectivity index (χ2n) is 5.50. The SMILES string of the molecule is CCNC(=O)c1cccc(NCC(=O)Nc2ccc(C(=O)NC)cc2)c1. The first-order chi connectivity index (χ1) is 12.5. The van der Waals surface area contributed by atoms with Gasteiger partial charge in [-0.05, 0) is 49.4 Å². The average molecular weight is 354 g/mol. The minimum absolute atomic E-state index is 0.0516. The molecule has 0 aliphatic heterocycles. The normalized spacial score (nSPS) is 9.92. The van der Waals surface area contributed by atoms with E-state index in [1.807, 2.05) is 6.92 Å². The molecule has 0 radical (unpaired) electrons. The summed E-state index contributed by atoms with van der Waals surface area (Å²) < 4.78 is 0. The van der Waals surface area contributed by atoms with E-state index >= 15 is 0 Å². The summed E-state index contributed by atoms with van der Waals surface area (Å²) in [6, 6.07) is 13.5. The van der Waals surface area contributed by atoms with Gasteiger partial charge in [0.25, 0.3) is 11.8 Å². The molecule has 2 rings (SSSR count). The van der Waals surface area contributed by atoms with Gasteiger partial charge in [-0.25, -0.2) is 0 Å². The molecule has 0 aliphatic carbocycles. The van der Waals surface area contributed by atoms with Crippen molar-refractivity contribution < 1.29 is 14.4 Å². The first-order valence-electron chi connectivity index (χ1n) is 8.27. The second-order valence-corrected chi connectivity index (χ2v) is 5.50. The molecule has 0 bridgehead atoms. The molecule has 26 heavy (non-hydrogen) atoms. The predicted molar refractivity (Wildman–Crippen MR) is 101 cm³/mol. The highest BCUT2D eigenvalue weighted by atomic mass is 16.2. The Morgan fingerprint density at radius 3 is 2.27 bits per heavy atom. The number of amides is 3. The van der Waals surface area contributed by atoms with Gasteiger partial charge in [0.1, 0.15) is 0 Å². The van der Waals surface area contributed by atoms with Crippen LogP contribution < -0.4 is 21.3 Å². The molecule has 0 aromatic heterocycles. The standard InChI is InChI=1S/C19H22N4O3/c1-3-21-19(26)14-5-4-6-16(11-14)22-12-17(24)23-15-9-7-13(8-10-15)18(25)20-2/h4-11,22H,3,12H2,1-2H3,(H,20,25)(H,21,26)(H,23,24). The lowest BCUT2D eigenvalue weighted by Gasteiger charge is -2.09. The van der Waals surface area contributed by atoms with Crippen LogP contribution in [0.15, 0.2) is 48.5 Å². The van der Waals surface area contributed by atoms with Gasteiger partial charge in [0.2, 0.25) is 5.91 Å². The Morgan fingerprint density at radius 1 is 0.885 bits per heavy atom. The predicted octanol–water partition coefficient (Wildman–Crippen LogP) is 1.85. The van der Waals surface area contributed by atoms with Gasteiger partial charge in [0.15, 0.2) is 0 Å². The Bertz CT molecular complexity index is 788. The maximum Gasteiger partial charge on any atom is 0.251 e. The van der Waals surface area contributed by atoms with Crippen LogP contribution in [0.4, 0.5) is 11.4 Å². The summed E-state index contributed by atoms with van der Waals surface area (Å²) in [5.74, 6) is -0.575. The molecule has 7 heteroatoms. The van der Waals surface area contributed by atoms with Crippen molar-refractivity contribution in [3.05, 3.63) is 59.7 Å². The van der Waals surface area contributed by atoms with E-state index in [9.17, 15) is 14.4 Å². The molecule has 2 aromatic rings. The van der Waals surface area contributed by atoms with Gasteiger partial charge >= 0.3 is 0 Å². The molecule has 0 spiro atoms. The molecule has 3 amide bonds. The van der Waals surface area contributed by atoms with Crippen LogP contribution >= 0.6 is 0 Å². The summed E-state index contributed by atoms with van der Waals surface area (Å²) in [7, 11) is 1.56. The topological polar surface area (TPSA) is 99.3 Å². The zero-order valence-electron chi connectivity index (χ0n) is 14.8. The highest BCUT2D eigenvalue weighted by Crippen LogP contribution is 2.12. The molecule has 0 saturated heterocycles. The van der Waals surface area contributed by atoms with Crippen LogP contribution in [0.5, 0.6) is 0 Å². The van der Waals surface area contributed by atoms with E-state index in [0.29, 0.717) is 29.0 Å². The molecule has 4 N–H and O–H groups in total. The minimum Gasteiger partial charge on any atom is -0.376 e. The van der Waals surface area contributed by atoms with Gasteiger partial charge in [-0.15, -0.1) is 0 Å². The van der Waals surface area contributed by atoms with Crippen molar-refractivity contribution in [3.63, 3.8) is 0 Å². The lowest BCUT2D eigenvalue weighted by molar-refractivity contribution is -0.114. The Kier molecular flexibility index (Phi) is 6.73. The Balaban J connectivity index is 1.89. The number of carbonyl (C=O) groups is 3. The molecule has 0 aliphatic rings. The van der Waals surface area contributed by atoms with Crippen molar-refractivity contribution in [1.82, 2.24) is 10.6 Å². The third-order valence-corrected chi connectivity index (χ3v) is 3.57. The van der Waals surface area contributed by atoms with E-state index in [2.05, 4.69) is 21.3 Å². The molecule has 0 saturated carbocycles. The fourth-order valence-corrected chi connectivity index (χ4v) is 2.27. The van der Waals surface area contributed by atoms with Gasteiger partial charge in [-0.2, -0.15) is 0 Å². The summed E-state index contributed by atoms with van der Waals surface area (Å²) in [5, 5.41) is 11.0. The summed E-state index contributed by atoms with van der Waals surface area (Å²) in [4.78, 5) is 35.4. The highest BCUT2D eigenvalue weighted by Gasteiger charge is 2.07. The number of rotatable bonds is 7. The molecule has 0 atom stereocenters. The van der Waals surface area contributed by atoms with E-state index in [-0.39, 0.29) is 24.3 Å². The number of carbonyl (C=O) groups excluding carboxylic acids is 3. The molecular weight excluding hydrogens is 332 g/mol.